The number of aryl methyl sites for hydroxylation is 1. The number of guanidine groups is 1. The molecule has 0 bridgehead atoms. The maximum atomic E-state index is 13.3. The number of aliphatic imine (C=N–C) groups is 1. The van der Waals surface area contributed by atoms with E-state index in [0.717, 1.165) is 17.7 Å². The zero-order valence-corrected chi connectivity index (χ0v) is 20.7. The van der Waals surface area contributed by atoms with E-state index < -0.39 is 0 Å². The van der Waals surface area contributed by atoms with Crippen LogP contribution in [-0.4, -0.2) is 56.2 Å². The third-order valence-corrected chi connectivity index (χ3v) is 5.18. The average molecular weight is 536 g/mol. The Bertz CT molecular complexity index is 821. The zero-order valence-electron chi connectivity index (χ0n) is 18.3. The summed E-state index contributed by atoms with van der Waals surface area (Å²) < 4.78 is 5.41. The lowest BCUT2D eigenvalue weighted by Crippen LogP contribution is -2.47. The van der Waals surface area contributed by atoms with Crippen molar-refractivity contribution in [1.82, 2.24) is 15.5 Å². The lowest BCUT2D eigenvalue weighted by molar-refractivity contribution is -0.136. The van der Waals surface area contributed by atoms with E-state index >= 15 is 0 Å². The van der Waals surface area contributed by atoms with E-state index in [2.05, 4.69) is 41.8 Å². The fraction of sp³-hybridized carbons (Fsp3) is 0.417. The van der Waals surface area contributed by atoms with E-state index in [1.54, 1.807) is 0 Å². The predicted octanol–water partition coefficient (Wildman–Crippen LogP) is 3.31. The van der Waals surface area contributed by atoms with Gasteiger partial charge in [0.05, 0.1) is 25.7 Å². The molecule has 1 amide bonds. The molecule has 1 aliphatic rings. The van der Waals surface area contributed by atoms with Gasteiger partial charge in [-0.25, -0.2) is 4.99 Å². The van der Waals surface area contributed by atoms with Crippen LogP contribution in [0, 0.1) is 6.92 Å². The minimum Gasteiger partial charge on any atom is -0.378 e. The molecule has 1 heterocycles. The Labute approximate surface area is 202 Å². The van der Waals surface area contributed by atoms with Crippen molar-refractivity contribution in [3.63, 3.8) is 0 Å². The molecule has 1 fully saturated rings. The van der Waals surface area contributed by atoms with E-state index in [1.807, 2.05) is 42.2 Å². The summed E-state index contributed by atoms with van der Waals surface area (Å²) in [6.07, 6.45) is 0. The third-order valence-electron chi connectivity index (χ3n) is 5.18. The Morgan fingerprint density at radius 3 is 2.39 bits per heavy atom. The highest BCUT2D eigenvalue weighted by Gasteiger charge is 2.27. The average Bonchev–Trinajstić information content (AvgIpc) is 2.79. The fourth-order valence-electron chi connectivity index (χ4n) is 3.44. The summed E-state index contributed by atoms with van der Waals surface area (Å²) in [5, 5.41) is 6.66. The molecule has 168 valence electrons. The number of morpholine rings is 1. The Hall–Kier alpha value is -2.13. The molecule has 0 spiro atoms. The molecule has 2 aromatic rings. The lowest BCUT2D eigenvalue weighted by Gasteiger charge is -2.31. The second kappa shape index (κ2) is 13.3. The van der Waals surface area contributed by atoms with Crippen LogP contribution < -0.4 is 10.6 Å². The van der Waals surface area contributed by atoms with Gasteiger partial charge in [-0.3, -0.25) is 4.79 Å². The van der Waals surface area contributed by atoms with Gasteiger partial charge in [-0.1, -0.05) is 60.2 Å². The van der Waals surface area contributed by atoms with E-state index in [1.165, 1.54) is 5.56 Å². The highest BCUT2D eigenvalue weighted by atomic mass is 127. The van der Waals surface area contributed by atoms with Crippen molar-refractivity contribution in [2.75, 3.05) is 39.4 Å². The first-order valence-corrected chi connectivity index (χ1v) is 10.7. The minimum atomic E-state index is -0.271. The van der Waals surface area contributed by atoms with Crippen LogP contribution in [0.3, 0.4) is 0 Å². The Kier molecular flexibility index (Phi) is 10.8. The standard InChI is InChI=1S/C24H32N4O2.HI/c1-3-25-24(26-17-20-11-9-19(2)10-12-20)27-18-22(21-7-5-4-6-8-21)23(29)28-13-15-30-16-14-28;/h4-12,22H,3,13-18H2,1-2H3,(H2,25,26,27);1H. The summed E-state index contributed by atoms with van der Waals surface area (Å²) >= 11 is 0. The SMILES string of the molecule is CCNC(=NCc1ccc(C)cc1)NCC(C(=O)N1CCOCC1)c1ccccc1.I. The van der Waals surface area contributed by atoms with Gasteiger partial charge in [-0.2, -0.15) is 0 Å². The van der Waals surface area contributed by atoms with Crippen LogP contribution in [0.15, 0.2) is 59.6 Å². The minimum absolute atomic E-state index is 0. The van der Waals surface area contributed by atoms with Gasteiger partial charge in [0.1, 0.15) is 0 Å². The molecule has 1 atom stereocenters. The van der Waals surface area contributed by atoms with Crippen LogP contribution in [0.25, 0.3) is 0 Å². The second-order valence-corrected chi connectivity index (χ2v) is 7.46. The topological polar surface area (TPSA) is 66.0 Å². The van der Waals surface area contributed by atoms with Gasteiger partial charge in [0.25, 0.3) is 0 Å². The number of nitrogens with zero attached hydrogens (tertiary/aromatic N) is 2. The number of hydrogen-bond acceptors (Lipinski definition) is 3. The number of ether oxygens (including phenoxy) is 1. The number of nitrogens with one attached hydrogen (secondary N) is 2. The Balaban J connectivity index is 0.00000341. The fourth-order valence-corrected chi connectivity index (χ4v) is 3.44. The number of rotatable bonds is 7. The van der Waals surface area contributed by atoms with Gasteiger partial charge in [0, 0.05) is 26.2 Å². The van der Waals surface area contributed by atoms with Gasteiger partial charge in [-0.05, 0) is 25.0 Å². The number of carbonyl (C=O) groups is 1. The lowest BCUT2D eigenvalue weighted by atomic mass is 9.97. The first kappa shape index (κ1) is 25.1. The summed E-state index contributed by atoms with van der Waals surface area (Å²) in [6.45, 7) is 8.43. The van der Waals surface area contributed by atoms with Gasteiger partial charge in [-0.15, -0.1) is 24.0 Å². The molecule has 0 saturated carbocycles. The molecule has 2 N–H and O–H groups in total. The molecule has 0 aromatic heterocycles. The molecule has 0 radical (unpaired) electrons. The molecular formula is C24H33IN4O2. The maximum Gasteiger partial charge on any atom is 0.232 e. The molecule has 7 heteroatoms. The van der Waals surface area contributed by atoms with Gasteiger partial charge in [0.2, 0.25) is 5.91 Å². The molecule has 31 heavy (non-hydrogen) atoms. The maximum absolute atomic E-state index is 13.3. The molecular weight excluding hydrogens is 503 g/mol. The van der Waals surface area contributed by atoms with E-state index in [-0.39, 0.29) is 35.8 Å². The quantitative estimate of drug-likeness (QED) is 0.324. The summed E-state index contributed by atoms with van der Waals surface area (Å²) in [6, 6.07) is 18.3. The molecule has 3 rings (SSSR count). The van der Waals surface area contributed by atoms with Crippen LogP contribution in [-0.2, 0) is 16.1 Å². The number of halogens is 1. The largest absolute Gasteiger partial charge is 0.378 e. The molecule has 6 nitrogen and oxygen atoms in total. The van der Waals surface area contributed by atoms with Gasteiger partial charge >= 0.3 is 0 Å². The number of hydrogen-bond donors (Lipinski definition) is 2. The van der Waals surface area contributed by atoms with Crippen molar-refractivity contribution >= 4 is 35.8 Å². The second-order valence-electron chi connectivity index (χ2n) is 7.46. The van der Waals surface area contributed by atoms with Crippen LogP contribution in [0.1, 0.15) is 29.5 Å². The van der Waals surface area contributed by atoms with Crippen LogP contribution in [0.4, 0.5) is 0 Å². The number of benzene rings is 2. The van der Waals surface area contributed by atoms with Crippen molar-refractivity contribution in [2.24, 2.45) is 4.99 Å². The van der Waals surface area contributed by atoms with Crippen LogP contribution in [0.5, 0.6) is 0 Å². The number of carbonyl (C=O) groups excluding carboxylic acids is 1. The molecule has 1 aliphatic heterocycles. The Morgan fingerprint density at radius 1 is 1.06 bits per heavy atom. The monoisotopic (exact) mass is 536 g/mol. The van der Waals surface area contributed by atoms with E-state index in [0.29, 0.717) is 45.4 Å². The smallest absolute Gasteiger partial charge is 0.232 e. The van der Waals surface area contributed by atoms with E-state index in [4.69, 9.17) is 9.73 Å². The predicted molar refractivity (Wildman–Crippen MR) is 136 cm³/mol. The van der Waals surface area contributed by atoms with Crippen molar-refractivity contribution < 1.29 is 9.53 Å². The molecule has 2 aromatic carbocycles. The highest BCUT2D eigenvalue weighted by Crippen LogP contribution is 2.19. The van der Waals surface area contributed by atoms with Crippen LogP contribution >= 0.6 is 24.0 Å². The first-order valence-electron chi connectivity index (χ1n) is 10.7. The third kappa shape index (κ3) is 7.81. The summed E-state index contributed by atoms with van der Waals surface area (Å²) in [7, 11) is 0. The summed E-state index contributed by atoms with van der Waals surface area (Å²) in [5.74, 6) is 0.577. The number of amides is 1. The van der Waals surface area contributed by atoms with Crippen molar-refractivity contribution in [1.29, 1.82) is 0 Å². The van der Waals surface area contributed by atoms with Crippen molar-refractivity contribution in [2.45, 2.75) is 26.3 Å². The first-order chi connectivity index (χ1) is 14.7. The summed E-state index contributed by atoms with van der Waals surface area (Å²) in [5.41, 5.74) is 3.40. The molecule has 1 saturated heterocycles. The molecule has 1 unspecified atom stereocenters. The zero-order chi connectivity index (χ0) is 21.2. The highest BCUT2D eigenvalue weighted by molar-refractivity contribution is 14.0. The van der Waals surface area contributed by atoms with E-state index in [9.17, 15) is 4.79 Å². The van der Waals surface area contributed by atoms with Crippen molar-refractivity contribution in [3.05, 3.63) is 71.3 Å². The molecule has 0 aliphatic carbocycles. The normalized spacial score (nSPS) is 15.0. The summed E-state index contributed by atoms with van der Waals surface area (Å²) in [4.78, 5) is 19.9. The van der Waals surface area contributed by atoms with Gasteiger partial charge in [0.15, 0.2) is 5.96 Å². The van der Waals surface area contributed by atoms with Gasteiger partial charge < -0.3 is 20.3 Å². The van der Waals surface area contributed by atoms with Crippen molar-refractivity contribution in [3.8, 4) is 0 Å². The Morgan fingerprint density at radius 2 is 1.74 bits per heavy atom. The van der Waals surface area contributed by atoms with Crippen LogP contribution in [0.2, 0.25) is 0 Å².